The Morgan fingerprint density at radius 1 is 1.11 bits per heavy atom. The number of methoxy groups -OCH3 is 2. The number of carbonyl (C=O) groups is 2. The van der Waals surface area contributed by atoms with Gasteiger partial charge in [0.2, 0.25) is 11.8 Å². The maximum Gasteiger partial charge on any atom is 0.246 e. The third kappa shape index (κ3) is 4.03. The Morgan fingerprint density at radius 3 is 2.57 bits per heavy atom. The van der Waals surface area contributed by atoms with E-state index in [1.165, 1.54) is 0 Å². The van der Waals surface area contributed by atoms with E-state index in [4.69, 9.17) is 9.47 Å². The van der Waals surface area contributed by atoms with Gasteiger partial charge in [-0.2, -0.15) is 0 Å². The Kier molecular flexibility index (Phi) is 5.73. The SMILES string of the molecule is COc1ccc(OC)c(NC(=O)[C@H](C)Nc2ccc3c(c2)CCN3C(C)=O)c1. The zero-order valence-corrected chi connectivity index (χ0v) is 16.5. The number of rotatable bonds is 6. The fraction of sp³-hybridized carbons (Fsp3) is 0.333. The molecule has 1 heterocycles. The number of benzene rings is 2. The maximum atomic E-state index is 12.6. The van der Waals surface area contributed by atoms with E-state index in [0.717, 1.165) is 23.4 Å². The molecule has 0 unspecified atom stereocenters. The van der Waals surface area contributed by atoms with E-state index in [1.54, 1.807) is 51.2 Å². The van der Waals surface area contributed by atoms with Gasteiger partial charge in [-0.15, -0.1) is 0 Å². The molecule has 7 nitrogen and oxygen atoms in total. The van der Waals surface area contributed by atoms with E-state index < -0.39 is 6.04 Å². The molecule has 3 rings (SSSR count). The normalized spacial score (nSPS) is 13.5. The van der Waals surface area contributed by atoms with Crippen LogP contribution in [0.15, 0.2) is 36.4 Å². The average Bonchev–Trinajstić information content (AvgIpc) is 3.11. The summed E-state index contributed by atoms with van der Waals surface area (Å²) in [5.74, 6) is 1.03. The number of hydrogen-bond donors (Lipinski definition) is 2. The monoisotopic (exact) mass is 383 g/mol. The third-order valence-corrected chi connectivity index (χ3v) is 4.80. The molecule has 0 saturated heterocycles. The van der Waals surface area contributed by atoms with Crippen molar-refractivity contribution in [1.29, 1.82) is 0 Å². The highest BCUT2D eigenvalue weighted by atomic mass is 16.5. The van der Waals surface area contributed by atoms with Gasteiger partial charge in [-0.25, -0.2) is 0 Å². The topological polar surface area (TPSA) is 79.9 Å². The van der Waals surface area contributed by atoms with Gasteiger partial charge in [-0.05, 0) is 49.2 Å². The molecule has 0 saturated carbocycles. The lowest BCUT2D eigenvalue weighted by Crippen LogP contribution is -2.32. The van der Waals surface area contributed by atoms with E-state index in [2.05, 4.69) is 10.6 Å². The molecule has 1 aliphatic heterocycles. The number of anilines is 3. The Labute approximate surface area is 164 Å². The van der Waals surface area contributed by atoms with E-state index in [1.807, 2.05) is 18.2 Å². The summed E-state index contributed by atoms with van der Waals surface area (Å²) < 4.78 is 10.5. The number of nitrogens with one attached hydrogen (secondary N) is 2. The lowest BCUT2D eigenvalue weighted by atomic mass is 10.1. The summed E-state index contributed by atoms with van der Waals surface area (Å²) >= 11 is 0. The van der Waals surface area contributed by atoms with Crippen LogP contribution in [0.5, 0.6) is 11.5 Å². The standard InChI is InChI=1S/C21H25N3O4/c1-13(21(26)23-18-12-17(27-3)6-8-20(18)28-4)22-16-5-7-19-15(11-16)9-10-24(19)14(2)25/h5-8,11-13,22H,9-10H2,1-4H3,(H,23,26)/t13-/m0/s1. The minimum absolute atomic E-state index is 0.0411. The molecule has 2 aromatic rings. The van der Waals surface area contributed by atoms with Crippen LogP contribution in [0.2, 0.25) is 0 Å². The van der Waals surface area contributed by atoms with Crippen molar-refractivity contribution in [2.75, 3.05) is 36.3 Å². The van der Waals surface area contributed by atoms with E-state index in [9.17, 15) is 9.59 Å². The zero-order valence-electron chi connectivity index (χ0n) is 16.5. The van der Waals surface area contributed by atoms with Crippen LogP contribution in [0, 0.1) is 0 Å². The first-order chi connectivity index (χ1) is 13.4. The second-order valence-electron chi connectivity index (χ2n) is 6.69. The predicted molar refractivity (Wildman–Crippen MR) is 109 cm³/mol. The molecule has 2 N–H and O–H groups in total. The summed E-state index contributed by atoms with van der Waals surface area (Å²) in [5, 5.41) is 6.09. The van der Waals surface area contributed by atoms with Crippen LogP contribution in [-0.4, -0.2) is 38.6 Å². The summed E-state index contributed by atoms with van der Waals surface area (Å²) in [4.78, 5) is 26.1. The van der Waals surface area contributed by atoms with Gasteiger partial charge in [0.15, 0.2) is 0 Å². The van der Waals surface area contributed by atoms with Gasteiger partial charge in [-0.3, -0.25) is 9.59 Å². The van der Waals surface area contributed by atoms with Crippen molar-refractivity contribution in [1.82, 2.24) is 0 Å². The molecule has 0 aliphatic carbocycles. The number of ether oxygens (including phenoxy) is 2. The van der Waals surface area contributed by atoms with Gasteiger partial charge >= 0.3 is 0 Å². The highest BCUT2D eigenvalue weighted by Crippen LogP contribution is 2.31. The number of amides is 2. The van der Waals surface area contributed by atoms with Crippen LogP contribution in [-0.2, 0) is 16.0 Å². The van der Waals surface area contributed by atoms with Crippen LogP contribution >= 0.6 is 0 Å². The number of nitrogens with zero attached hydrogens (tertiary/aromatic N) is 1. The second-order valence-corrected chi connectivity index (χ2v) is 6.69. The van der Waals surface area contributed by atoms with Crippen molar-refractivity contribution in [3.63, 3.8) is 0 Å². The molecule has 0 bridgehead atoms. The maximum absolute atomic E-state index is 12.6. The largest absolute Gasteiger partial charge is 0.497 e. The fourth-order valence-electron chi connectivity index (χ4n) is 3.29. The van der Waals surface area contributed by atoms with E-state index >= 15 is 0 Å². The van der Waals surface area contributed by atoms with Gasteiger partial charge in [-0.1, -0.05) is 0 Å². The van der Waals surface area contributed by atoms with Crippen molar-refractivity contribution < 1.29 is 19.1 Å². The molecule has 28 heavy (non-hydrogen) atoms. The minimum Gasteiger partial charge on any atom is -0.497 e. The fourth-order valence-corrected chi connectivity index (χ4v) is 3.29. The summed E-state index contributed by atoms with van der Waals surface area (Å²) in [7, 11) is 3.12. The summed E-state index contributed by atoms with van der Waals surface area (Å²) in [6.45, 7) is 4.05. The molecule has 2 amide bonds. The predicted octanol–water partition coefficient (Wildman–Crippen LogP) is 3.05. The van der Waals surface area contributed by atoms with Crippen LogP contribution in [0.4, 0.5) is 17.1 Å². The van der Waals surface area contributed by atoms with Gasteiger partial charge in [0.25, 0.3) is 0 Å². The van der Waals surface area contributed by atoms with E-state index in [0.29, 0.717) is 23.7 Å². The summed E-state index contributed by atoms with van der Waals surface area (Å²) in [6, 6.07) is 10.6. The Hall–Kier alpha value is -3.22. The molecular weight excluding hydrogens is 358 g/mol. The first kappa shape index (κ1) is 19.5. The van der Waals surface area contributed by atoms with Gasteiger partial charge in [0.1, 0.15) is 17.5 Å². The second kappa shape index (κ2) is 8.21. The van der Waals surface area contributed by atoms with Crippen molar-refractivity contribution in [3.05, 3.63) is 42.0 Å². The number of fused-ring (bicyclic) bond motifs is 1. The highest BCUT2D eigenvalue weighted by Gasteiger charge is 2.23. The third-order valence-electron chi connectivity index (χ3n) is 4.80. The number of carbonyl (C=O) groups excluding carboxylic acids is 2. The quantitative estimate of drug-likeness (QED) is 0.801. The van der Waals surface area contributed by atoms with Crippen molar-refractivity contribution in [2.45, 2.75) is 26.3 Å². The van der Waals surface area contributed by atoms with Crippen LogP contribution in [0.1, 0.15) is 19.4 Å². The molecule has 2 aromatic carbocycles. The van der Waals surface area contributed by atoms with Crippen LogP contribution < -0.4 is 25.0 Å². The summed E-state index contributed by atoms with van der Waals surface area (Å²) in [5.41, 5.74) is 3.43. The molecule has 0 aromatic heterocycles. The molecule has 7 heteroatoms. The highest BCUT2D eigenvalue weighted by molar-refractivity contribution is 5.98. The Morgan fingerprint density at radius 2 is 1.89 bits per heavy atom. The van der Waals surface area contributed by atoms with E-state index in [-0.39, 0.29) is 11.8 Å². The lowest BCUT2D eigenvalue weighted by molar-refractivity contribution is -0.117. The van der Waals surface area contributed by atoms with Crippen LogP contribution in [0.3, 0.4) is 0 Å². The molecule has 148 valence electrons. The molecule has 1 aliphatic rings. The van der Waals surface area contributed by atoms with Crippen molar-refractivity contribution >= 4 is 28.9 Å². The number of hydrogen-bond acceptors (Lipinski definition) is 5. The van der Waals surface area contributed by atoms with Gasteiger partial charge < -0.3 is 25.0 Å². The molecule has 0 spiro atoms. The Balaban J connectivity index is 1.69. The lowest BCUT2D eigenvalue weighted by Gasteiger charge is -2.18. The summed E-state index contributed by atoms with van der Waals surface area (Å²) in [6.07, 6.45) is 0.812. The van der Waals surface area contributed by atoms with Gasteiger partial charge in [0.05, 0.1) is 19.9 Å². The van der Waals surface area contributed by atoms with Gasteiger partial charge in [0, 0.05) is 30.9 Å². The zero-order chi connectivity index (χ0) is 20.3. The molecule has 1 atom stereocenters. The van der Waals surface area contributed by atoms with Crippen molar-refractivity contribution in [2.24, 2.45) is 0 Å². The van der Waals surface area contributed by atoms with Crippen molar-refractivity contribution in [3.8, 4) is 11.5 Å². The Bertz CT molecular complexity index is 897. The first-order valence-electron chi connectivity index (χ1n) is 9.13. The van der Waals surface area contributed by atoms with Crippen LogP contribution in [0.25, 0.3) is 0 Å². The molecule has 0 radical (unpaired) electrons. The smallest absolute Gasteiger partial charge is 0.246 e. The molecule has 0 fully saturated rings. The first-order valence-corrected chi connectivity index (χ1v) is 9.13. The average molecular weight is 383 g/mol. The minimum atomic E-state index is -0.473. The molecular formula is C21H25N3O4.